The average molecular weight is 299 g/mol. The van der Waals surface area contributed by atoms with Crippen LogP contribution in [0, 0.1) is 0 Å². The van der Waals surface area contributed by atoms with Crippen molar-refractivity contribution < 1.29 is 4.74 Å². The van der Waals surface area contributed by atoms with Crippen LogP contribution in [0.25, 0.3) is 0 Å². The highest BCUT2D eigenvalue weighted by atomic mass is 35.5. The van der Waals surface area contributed by atoms with Crippen LogP contribution in [0.1, 0.15) is 0 Å². The molecule has 0 saturated carbocycles. The lowest BCUT2D eigenvalue weighted by Crippen LogP contribution is -1.84. The SMILES string of the molecule is ClCCSc1ccc(Oc2ccc(Cl)cc2)cc1. The Kier molecular flexibility index (Phi) is 5.24. The topological polar surface area (TPSA) is 9.23 Å². The average Bonchev–Trinajstić information content (AvgIpc) is 2.41. The molecule has 0 radical (unpaired) electrons. The Balaban J connectivity index is 1.99. The van der Waals surface area contributed by atoms with Gasteiger partial charge in [-0.3, -0.25) is 0 Å². The van der Waals surface area contributed by atoms with Crippen LogP contribution in [-0.2, 0) is 0 Å². The summed E-state index contributed by atoms with van der Waals surface area (Å²) in [5.41, 5.74) is 0. The summed E-state index contributed by atoms with van der Waals surface area (Å²) < 4.78 is 5.70. The number of ether oxygens (including phenoxy) is 1. The molecule has 0 N–H and O–H groups in total. The van der Waals surface area contributed by atoms with Crippen molar-refractivity contribution in [2.75, 3.05) is 11.6 Å². The second kappa shape index (κ2) is 6.93. The largest absolute Gasteiger partial charge is 0.457 e. The van der Waals surface area contributed by atoms with E-state index in [0.717, 1.165) is 17.3 Å². The third-order valence-corrected chi connectivity index (χ3v) is 3.90. The standard InChI is InChI=1S/C14H12Cl2OS/c15-9-10-18-14-7-5-13(6-8-14)17-12-3-1-11(16)2-4-12/h1-8H,9-10H2. The van der Waals surface area contributed by atoms with E-state index in [4.69, 9.17) is 27.9 Å². The molecule has 1 nitrogen and oxygen atoms in total. The summed E-state index contributed by atoms with van der Waals surface area (Å²) in [6.45, 7) is 0. The molecular formula is C14H12Cl2OS. The smallest absolute Gasteiger partial charge is 0.127 e. The lowest BCUT2D eigenvalue weighted by Gasteiger charge is -2.06. The highest BCUT2D eigenvalue weighted by molar-refractivity contribution is 7.99. The van der Waals surface area contributed by atoms with E-state index in [2.05, 4.69) is 0 Å². The quantitative estimate of drug-likeness (QED) is 0.535. The Morgan fingerprint density at radius 2 is 1.44 bits per heavy atom. The van der Waals surface area contributed by atoms with Crippen molar-refractivity contribution in [2.24, 2.45) is 0 Å². The number of halogens is 2. The van der Waals surface area contributed by atoms with E-state index in [-0.39, 0.29) is 0 Å². The summed E-state index contributed by atoms with van der Waals surface area (Å²) in [4.78, 5) is 1.19. The molecule has 2 rings (SSSR count). The van der Waals surface area contributed by atoms with Crippen LogP contribution < -0.4 is 4.74 Å². The first kappa shape index (κ1) is 13.6. The minimum Gasteiger partial charge on any atom is -0.457 e. The second-order valence-electron chi connectivity index (χ2n) is 3.56. The second-order valence-corrected chi connectivity index (χ2v) is 5.55. The normalized spacial score (nSPS) is 10.3. The highest BCUT2D eigenvalue weighted by Crippen LogP contribution is 2.26. The minimum atomic E-state index is 0.660. The molecule has 0 spiro atoms. The van der Waals surface area contributed by atoms with Crippen LogP contribution in [0.2, 0.25) is 5.02 Å². The first-order valence-electron chi connectivity index (χ1n) is 5.50. The molecule has 0 heterocycles. The lowest BCUT2D eigenvalue weighted by atomic mass is 10.3. The molecule has 0 atom stereocenters. The third kappa shape index (κ3) is 4.13. The summed E-state index contributed by atoms with van der Waals surface area (Å²) in [6.07, 6.45) is 0. The van der Waals surface area contributed by atoms with Gasteiger partial charge in [0.25, 0.3) is 0 Å². The molecule has 0 aliphatic rings. The Morgan fingerprint density at radius 3 is 2.00 bits per heavy atom. The highest BCUT2D eigenvalue weighted by Gasteiger charge is 1.98. The first-order chi connectivity index (χ1) is 8.78. The van der Waals surface area contributed by atoms with Gasteiger partial charge in [-0.15, -0.1) is 23.4 Å². The predicted molar refractivity (Wildman–Crippen MR) is 79.4 cm³/mol. The van der Waals surface area contributed by atoms with E-state index in [0.29, 0.717) is 10.9 Å². The van der Waals surface area contributed by atoms with Gasteiger partial charge in [-0.2, -0.15) is 0 Å². The van der Waals surface area contributed by atoms with Crippen LogP contribution in [0.3, 0.4) is 0 Å². The molecule has 0 aliphatic heterocycles. The van der Waals surface area contributed by atoms with Gasteiger partial charge in [0.15, 0.2) is 0 Å². The minimum absolute atomic E-state index is 0.660. The molecule has 2 aromatic rings. The molecule has 0 saturated heterocycles. The van der Waals surface area contributed by atoms with Crippen molar-refractivity contribution in [3.8, 4) is 11.5 Å². The molecule has 18 heavy (non-hydrogen) atoms. The molecular weight excluding hydrogens is 287 g/mol. The Bertz CT molecular complexity index is 482. The van der Waals surface area contributed by atoms with Gasteiger partial charge in [-0.25, -0.2) is 0 Å². The van der Waals surface area contributed by atoms with E-state index < -0.39 is 0 Å². The number of hydrogen-bond acceptors (Lipinski definition) is 2. The Morgan fingerprint density at radius 1 is 0.889 bits per heavy atom. The molecule has 0 fully saturated rings. The van der Waals surface area contributed by atoms with E-state index in [1.165, 1.54) is 4.90 Å². The summed E-state index contributed by atoms with van der Waals surface area (Å²) in [5.74, 6) is 3.17. The van der Waals surface area contributed by atoms with Gasteiger partial charge < -0.3 is 4.74 Å². The summed E-state index contributed by atoms with van der Waals surface area (Å²) in [7, 11) is 0. The van der Waals surface area contributed by atoms with Crippen LogP contribution in [0.5, 0.6) is 11.5 Å². The lowest BCUT2D eigenvalue weighted by molar-refractivity contribution is 0.482. The van der Waals surface area contributed by atoms with Crippen LogP contribution in [0.4, 0.5) is 0 Å². The first-order valence-corrected chi connectivity index (χ1v) is 7.40. The zero-order valence-electron chi connectivity index (χ0n) is 9.61. The Hall–Kier alpha value is -0.830. The number of benzene rings is 2. The van der Waals surface area contributed by atoms with E-state index >= 15 is 0 Å². The van der Waals surface area contributed by atoms with Crippen molar-refractivity contribution in [1.29, 1.82) is 0 Å². The van der Waals surface area contributed by atoms with Crippen molar-refractivity contribution in [1.82, 2.24) is 0 Å². The van der Waals surface area contributed by atoms with Gasteiger partial charge in [0.05, 0.1) is 0 Å². The van der Waals surface area contributed by atoms with E-state index in [9.17, 15) is 0 Å². The zero-order valence-corrected chi connectivity index (χ0v) is 11.9. The monoisotopic (exact) mass is 298 g/mol. The summed E-state index contributed by atoms with van der Waals surface area (Å²) in [5, 5.41) is 0.704. The van der Waals surface area contributed by atoms with Gasteiger partial charge >= 0.3 is 0 Å². The molecule has 4 heteroatoms. The summed E-state index contributed by atoms with van der Waals surface area (Å²) in [6, 6.07) is 15.3. The van der Waals surface area contributed by atoms with Crippen molar-refractivity contribution in [3.05, 3.63) is 53.6 Å². The number of rotatable bonds is 5. The molecule has 2 aromatic carbocycles. The fraction of sp³-hybridized carbons (Fsp3) is 0.143. The fourth-order valence-corrected chi connectivity index (χ4v) is 2.40. The van der Waals surface area contributed by atoms with Gasteiger partial charge in [0.2, 0.25) is 0 Å². The molecule has 0 unspecified atom stereocenters. The maximum absolute atomic E-state index is 5.81. The van der Waals surface area contributed by atoms with Crippen LogP contribution >= 0.6 is 35.0 Å². The van der Waals surface area contributed by atoms with Gasteiger partial charge in [0.1, 0.15) is 11.5 Å². The maximum Gasteiger partial charge on any atom is 0.127 e. The van der Waals surface area contributed by atoms with Crippen LogP contribution in [-0.4, -0.2) is 11.6 Å². The Labute approximate surface area is 121 Å². The number of alkyl halides is 1. The van der Waals surface area contributed by atoms with Crippen molar-refractivity contribution in [2.45, 2.75) is 4.90 Å². The zero-order chi connectivity index (χ0) is 12.8. The number of hydrogen-bond donors (Lipinski definition) is 0. The maximum atomic E-state index is 5.81. The van der Waals surface area contributed by atoms with Crippen molar-refractivity contribution >= 4 is 35.0 Å². The fourth-order valence-electron chi connectivity index (χ4n) is 1.40. The summed E-state index contributed by atoms with van der Waals surface area (Å²) >= 11 is 13.2. The molecule has 0 aliphatic carbocycles. The molecule has 0 amide bonds. The molecule has 0 aromatic heterocycles. The third-order valence-electron chi connectivity index (χ3n) is 2.22. The number of thioether (sulfide) groups is 1. The molecule has 0 bridgehead atoms. The van der Waals surface area contributed by atoms with E-state index in [1.54, 1.807) is 11.8 Å². The van der Waals surface area contributed by atoms with E-state index in [1.807, 2.05) is 48.5 Å². The van der Waals surface area contributed by atoms with Gasteiger partial charge in [-0.1, -0.05) is 11.6 Å². The van der Waals surface area contributed by atoms with Crippen LogP contribution in [0.15, 0.2) is 53.4 Å². The predicted octanol–water partition coefficient (Wildman–Crippen LogP) is 5.46. The van der Waals surface area contributed by atoms with Gasteiger partial charge in [0, 0.05) is 21.6 Å². The van der Waals surface area contributed by atoms with Gasteiger partial charge in [-0.05, 0) is 48.5 Å². The molecule has 94 valence electrons. The van der Waals surface area contributed by atoms with Crippen molar-refractivity contribution in [3.63, 3.8) is 0 Å².